The second kappa shape index (κ2) is 8.68. The van der Waals surface area contributed by atoms with Gasteiger partial charge < -0.3 is 11.5 Å². The number of aryl methyl sites for hydroxylation is 2. The maximum Gasteiger partial charge on any atom is 0.221 e. The number of anilines is 1. The number of imidazole rings is 1. The molecule has 1 aliphatic carbocycles. The Labute approximate surface area is 182 Å². The molecule has 1 aromatic heterocycles. The highest BCUT2D eigenvalue weighted by molar-refractivity contribution is 6.08. The first-order chi connectivity index (χ1) is 12.9. The van der Waals surface area contributed by atoms with E-state index < -0.39 is 0 Å². The Morgan fingerprint density at radius 1 is 1.10 bits per heavy atom. The minimum Gasteiger partial charge on any atom is -0.384 e. The van der Waals surface area contributed by atoms with Crippen molar-refractivity contribution < 1.29 is 0 Å². The van der Waals surface area contributed by atoms with Gasteiger partial charge >= 0.3 is 0 Å². The maximum atomic E-state index is 7.76. The number of nitrogens with two attached hydrogens (primary N) is 2. The highest BCUT2D eigenvalue weighted by Crippen LogP contribution is 2.28. The molecule has 29 heavy (non-hydrogen) atoms. The van der Waals surface area contributed by atoms with E-state index in [1.54, 1.807) is 4.68 Å². The van der Waals surface area contributed by atoms with Gasteiger partial charge in [-0.1, -0.05) is 42.0 Å². The number of benzene rings is 2. The van der Waals surface area contributed by atoms with Gasteiger partial charge in [-0.05, 0) is 37.8 Å². The van der Waals surface area contributed by atoms with Crippen LogP contribution in [-0.4, -0.2) is 21.2 Å². The Balaban J connectivity index is 0.00000150. The van der Waals surface area contributed by atoms with Gasteiger partial charge in [0.1, 0.15) is 5.84 Å². The number of fused-ring (bicyclic) bond motifs is 1. The SMILES string of the molecule is Cc1ccc(-c2cn(N=C3CCc4c(C(=N)N)cccc43)c(N)n2)c(C)c1.Cl.Cl. The fourth-order valence-electron chi connectivity index (χ4n) is 3.69. The predicted octanol–water partition coefficient (Wildman–Crippen LogP) is 4.08. The molecule has 0 saturated heterocycles. The average Bonchev–Trinajstić information content (AvgIpc) is 3.19. The van der Waals surface area contributed by atoms with E-state index in [1.165, 1.54) is 5.56 Å². The van der Waals surface area contributed by atoms with Crippen LogP contribution in [0.25, 0.3) is 11.3 Å². The van der Waals surface area contributed by atoms with Gasteiger partial charge in [0.05, 0.1) is 17.6 Å². The van der Waals surface area contributed by atoms with Gasteiger partial charge in [-0.3, -0.25) is 5.41 Å². The molecule has 5 N–H and O–H groups in total. The van der Waals surface area contributed by atoms with E-state index in [4.69, 9.17) is 22.0 Å². The third-order valence-electron chi connectivity index (χ3n) is 4.99. The second-order valence-electron chi connectivity index (χ2n) is 6.94. The summed E-state index contributed by atoms with van der Waals surface area (Å²) in [4.78, 5) is 4.49. The van der Waals surface area contributed by atoms with E-state index in [0.717, 1.165) is 52.1 Å². The first-order valence-electron chi connectivity index (χ1n) is 8.91. The van der Waals surface area contributed by atoms with Crippen molar-refractivity contribution in [3.05, 3.63) is 70.4 Å². The number of halogens is 2. The monoisotopic (exact) mass is 430 g/mol. The molecular formula is C21H24Cl2N6. The molecule has 1 aliphatic rings. The summed E-state index contributed by atoms with van der Waals surface area (Å²) in [6.45, 7) is 4.14. The molecule has 0 unspecified atom stereocenters. The summed E-state index contributed by atoms with van der Waals surface area (Å²) in [7, 11) is 0. The van der Waals surface area contributed by atoms with Crippen molar-refractivity contribution in [2.45, 2.75) is 26.7 Å². The van der Waals surface area contributed by atoms with Crippen molar-refractivity contribution in [3.63, 3.8) is 0 Å². The number of nitrogens with zero attached hydrogens (tertiary/aromatic N) is 3. The van der Waals surface area contributed by atoms with E-state index in [0.29, 0.717) is 5.95 Å². The number of hydrogen-bond donors (Lipinski definition) is 3. The zero-order chi connectivity index (χ0) is 19.1. The van der Waals surface area contributed by atoms with Gasteiger partial charge in [-0.2, -0.15) is 5.10 Å². The fraction of sp³-hybridized carbons (Fsp3) is 0.190. The topological polar surface area (TPSA) is 106 Å². The maximum absolute atomic E-state index is 7.76. The lowest BCUT2D eigenvalue weighted by molar-refractivity contribution is 0.883. The Hall–Kier alpha value is -2.83. The third kappa shape index (κ3) is 4.13. The van der Waals surface area contributed by atoms with Crippen LogP contribution in [0.5, 0.6) is 0 Å². The Morgan fingerprint density at radius 2 is 1.86 bits per heavy atom. The average molecular weight is 431 g/mol. The van der Waals surface area contributed by atoms with E-state index in [2.05, 4.69) is 37.0 Å². The molecule has 0 saturated carbocycles. The largest absolute Gasteiger partial charge is 0.384 e. The lowest BCUT2D eigenvalue weighted by Crippen LogP contribution is -2.13. The molecule has 0 bridgehead atoms. The van der Waals surface area contributed by atoms with Crippen LogP contribution in [0.2, 0.25) is 0 Å². The molecule has 0 atom stereocenters. The summed E-state index contributed by atoms with van der Waals surface area (Å²) >= 11 is 0. The van der Waals surface area contributed by atoms with Crippen LogP contribution in [0.1, 0.15) is 34.2 Å². The first-order valence-corrected chi connectivity index (χ1v) is 8.91. The molecule has 0 aliphatic heterocycles. The molecule has 8 heteroatoms. The van der Waals surface area contributed by atoms with Crippen LogP contribution in [0.3, 0.4) is 0 Å². The molecule has 0 amide bonds. The number of nitrogens with one attached hydrogen (secondary N) is 1. The number of rotatable bonds is 3. The van der Waals surface area contributed by atoms with Crippen molar-refractivity contribution in [1.82, 2.24) is 9.66 Å². The zero-order valence-electron chi connectivity index (χ0n) is 16.3. The molecular weight excluding hydrogens is 407 g/mol. The van der Waals surface area contributed by atoms with Crippen LogP contribution >= 0.6 is 24.8 Å². The van der Waals surface area contributed by atoms with Gasteiger partial charge in [0, 0.05) is 16.7 Å². The molecule has 2 aromatic carbocycles. The third-order valence-corrected chi connectivity index (χ3v) is 4.99. The smallest absolute Gasteiger partial charge is 0.221 e. The summed E-state index contributed by atoms with van der Waals surface area (Å²) in [5.74, 6) is 0.445. The summed E-state index contributed by atoms with van der Waals surface area (Å²) in [6, 6.07) is 12.1. The van der Waals surface area contributed by atoms with Crippen molar-refractivity contribution in [3.8, 4) is 11.3 Å². The van der Waals surface area contributed by atoms with E-state index in [9.17, 15) is 0 Å². The predicted molar refractivity (Wildman–Crippen MR) is 124 cm³/mol. The molecule has 4 rings (SSSR count). The molecule has 0 radical (unpaired) electrons. The van der Waals surface area contributed by atoms with Crippen molar-refractivity contribution >= 4 is 42.3 Å². The molecule has 0 spiro atoms. The Kier molecular flexibility index (Phi) is 6.72. The summed E-state index contributed by atoms with van der Waals surface area (Å²) in [5, 5.41) is 12.5. The van der Waals surface area contributed by atoms with Crippen molar-refractivity contribution in [2.24, 2.45) is 10.8 Å². The van der Waals surface area contributed by atoms with Crippen LogP contribution in [0, 0.1) is 19.3 Å². The Morgan fingerprint density at radius 3 is 2.55 bits per heavy atom. The lowest BCUT2D eigenvalue weighted by Gasteiger charge is -2.06. The van der Waals surface area contributed by atoms with Crippen LogP contribution in [0.15, 0.2) is 47.7 Å². The van der Waals surface area contributed by atoms with E-state index in [-0.39, 0.29) is 30.6 Å². The zero-order valence-corrected chi connectivity index (χ0v) is 17.9. The van der Waals surface area contributed by atoms with Crippen LogP contribution < -0.4 is 11.5 Å². The molecule has 3 aromatic rings. The summed E-state index contributed by atoms with van der Waals surface area (Å²) in [6.07, 6.45) is 3.48. The fourth-order valence-corrected chi connectivity index (χ4v) is 3.69. The van der Waals surface area contributed by atoms with E-state index >= 15 is 0 Å². The molecule has 1 heterocycles. The highest BCUT2D eigenvalue weighted by Gasteiger charge is 2.22. The van der Waals surface area contributed by atoms with Crippen molar-refractivity contribution in [1.29, 1.82) is 5.41 Å². The van der Waals surface area contributed by atoms with Gasteiger partial charge in [-0.25, -0.2) is 9.66 Å². The minimum absolute atomic E-state index is 0. The summed E-state index contributed by atoms with van der Waals surface area (Å²) in [5.41, 5.74) is 19.9. The Bertz CT molecular complexity index is 1100. The van der Waals surface area contributed by atoms with Gasteiger partial charge in [0.15, 0.2) is 0 Å². The quantitative estimate of drug-likeness (QED) is 0.430. The van der Waals surface area contributed by atoms with E-state index in [1.807, 2.05) is 24.4 Å². The molecule has 0 fully saturated rings. The number of nitrogen functional groups attached to an aromatic ring is 2. The highest BCUT2D eigenvalue weighted by atomic mass is 35.5. The van der Waals surface area contributed by atoms with Crippen molar-refractivity contribution in [2.75, 3.05) is 5.73 Å². The normalized spacial score (nSPS) is 13.5. The van der Waals surface area contributed by atoms with Gasteiger partial charge in [-0.15, -0.1) is 24.8 Å². The minimum atomic E-state index is 0. The van der Waals surface area contributed by atoms with Crippen LogP contribution in [-0.2, 0) is 6.42 Å². The number of amidine groups is 1. The summed E-state index contributed by atoms with van der Waals surface area (Å²) < 4.78 is 1.64. The van der Waals surface area contributed by atoms with Gasteiger partial charge in [0.2, 0.25) is 5.95 Å². The molecule has 152 valence electrons. The standard InChI is InChI=1S/C21H22N6.2ClH/c1-12-6-7-14(13(2)10-12)19-11-27(21(24)25-19)26-18-9-8-15-16(18)4-3-5-17(15)20(22)23;;/h3-7,10-11H,8-9H2,1-2H3,(H3,22,23)(H2,24,25);2*1H. The first kappa shape index (κ1) is 22.5. The lowest BCUT2D eigenvalue weighted by atomic mass is 10.0. The number of hydrogen-bond acceptors (Lipinski definition) is 4. The second-order valence-corrected chi connectivity index (χ2v) is 6.94. The number of aromatic nitrogens is 2. The van der Waals surface area contributed by atoms with Gasteiger partial charge in [0.25, 0.3) is 0 Å². The van der Waals surface area contributed by atoms with Crippen LogP contribution in [0.4, 0.5) is 5.95 Å². The molecule has 6 nitrogen and oxygen atoms in total.